The number of carbonyl (C=O) groups excluding carboxylic acids is 2. The van der Waals surface area contributed by atoms with E-state index in [0.717, 1.165) is 57.8 Å². The van der Waals surface area contributed by atoms with Crippen LogP contribution in [0, 0.1) is 0 Å². The van der Waals surface area contributed by atoms with Gasteiger partial charge in [0.1, 0.15) is 11.6 Å². The number of unbranched alkanes of at least 4 members (excludes halogenated alkanes) is 26. The minimum absolute atomic E-state index is 0.0157. The van der Waals surface area contributed by atoms with E-state index in [-0.39, 0.29) is 24.7 Å². The van der Waals surface area contributed by atoms with Crippen molar-refractivity contribution in [3.63, 3.8) is 0 Å². The highest BCUT2D eigenvalue weighted by Crippen LogP contribution is 2.34. The fourth-order valence-corrected chi connectivity index (χ4v) is 7.42. The number of carboxylic acid groups (broad SMARTS) is 1. The first-order valence-electron chi connectivity index (χ1n) is 22.6. The molecule has 302 valence electrons. The normalized spacial score (nSPS) is 12.2. The van der Waals surface area contributed by atoms with E-state index < -0.39 is 17.6 Å². The molecule has 0 aromatic rings. The van der Waals surface area contributed by atoms with Crippen molar-refractivity contribution in [2.45, 2.75) is 270 Å². The molecule has 1 amide bonds. The Kier molecular flexibility index (Phi) is 35.6. The topological polar surface area (TPSA) is 92.7 Å². The van der Waals surface area contributed by atoms with Crippen molar-refractivity contribution in [1.29, 1.82) is 0 Å². The van der Waals surface area contributed by atoms with Crippen LogP contribution in [-0.2, 0) is 19.1 Å². The summed E-state index contributed by atoms with van der Waals surface area (Å²) in [4.78, 5) is 38.2. The van der Waals surface area contributed by atoms with Gasteiger partial charge in [-0.3, -0.25) is 9.59 Å². The van der Waals surface area contributed by atoms with Crippen LogP contribution in [0.15, 0.2) is 0 Å². The number of esters is 1. The zero-order chi connectivity index (χ0) is 37.7. The van der Waals surface area contributed by atoms with Crippen LogP contribution in [0.4, 0.5) is 0 Å². The molecule has 0 saturated heterocycles. The average Bonchev–Trinajstić information content (AvgIpc) is 3.11. The molecule has 0 aliphatic rings. The predicted molar refractivity (Wildman–Crippen MR) is 217 cm³/mol. The third kappa shape index (κ3) is 31.6. The summed E-state index contributed by atoms with van der Waals surface area (Å²) < 4.78 is 6.49. The van der Waals surface area contributed by atoms with E-state index in [2.05, 4.69) is 33.0 Å². The summed E-state index contributed by atoms with van der Waals surface area (Å²) in [5.41, 5.74) is -0.467. The van der Waals surface area contributed by atoms with Crippen LogP contribution < -0.4 is 5.32 Å². The maximum absolute atomic E-state index is 13.5. The van der Waals surface area contributed by atoms with Crippen molar-refractivity contribution in [2.24, 2.45) is 0 Å². The molecule has 0 aliphatic carbocycles. The fraction of sp³-hybridized carbons (Fsp3) is 0.933. The average molecular weight is 722 g/mol. The van der Waals surface area contributed by atoms with Gasteiger partial charge in [-0.2, -0.15) is 0 Å². The van der Waals surface area contributed by atoms with Gasteiger partial charge in [0.2, 0.25) is 5.91 Å². The summed E-state index contributed by atoms with van der Waals surface area (Å²) >= 11 is 0. The molecule has 0 rings (SSSR count). The zero-order valence-electron chi connectivity index (χ0n) is 34.6. The van der Waals surface area contributed by atoms with E-state index in [1.54, 1.807) is 0 Å². The largest absolute Gasteiger partial charge is 0.480 e. The molecule has 2 N–H and O–H groups in total. The van der Waals surface area contributed by atoms with Crippen LogP contribution in [-0.4, -0.2) is 34.6 Å². The van der Waals surface area contributed by atoms with Crippen molar-refractivity contribution < 1.29 is 24.2 Å². The standard InChI is InChI=1S/C45H87NO5/c1-5-9-13-17-21-23-25-27-31-35-42(47)46-41(44(49)50)36-37-43(48)51-45(38-32-28-19-15-11-7-3,39-33-29-20-16-12-8-4)40-34-30-26-24-22-18-14-10-6-2/h41H,5-40H2,1-4H3,(H,46,47)(H,49,50)/t41-/m0/s1. The molecule has 6 nitrogen and oxygen atoms in total. The number of amides is 1. The third-order valence-electron chi connectivity index (χ3n) is 10.8. The lowest BCUT2D eigenvalue weighted by atomic mass is 9.84. The van der Waals surface area contributed by atoms with Gasteiger partial charge in [-0.1, -0.05) is 195 Å². The van der Waals surface area contributed by atoms with Crippen LogP contribution in [0.25, 0.3) is 0 Å². The van der Waals surface area contributed by atoms with Crippen molar-refractivity contribution >= 4 is 17.8 Å². The highest BCUT2D eigenvalue weighted by molar-refractivity contribution is 5.84. The second-order valence-electron chi connectivity index (χ2n) is 15.8. The lowest BCUT2D eigenvalue weighted by Crippen LogP contribution is -2.41. The minimum atomic E-state index is -1.08. The molecule has 0 unspecified atom stereocenters. The first kappa shape index (κ1) is 49.4. The number of aliphatic carboxylic acids is 1. The maximum atomic E-state index is 13.5. The summed E-state index contributed by atoms with van der Waals surface area (Å²) in [5.74, 6) is -1.62. The second kappa shape index (κ2) is 36.8. The maximum Gasteiger partial charge on any atom is 0.326 e. The molecule has 51 heavy (non-hydrogen) atoms. The van der Waals surface area contributed by atoms with Crippen molar-refractivity contribution in [3.8, 4) is 0 Å². The molecular formula is C45H87NO5. The highest BCUT2D eigenvalue weighted by atomic mass is 16.6. The number of carbonyl (C=O) groups is 3. The van der Waals surface area contributed by atoms with Gasteiger partial charge >= 0.3 is 11.9 Å². The van der Waals surface area contributed by atoms with Crippen molar-refractivity contribution in [1.82, 2.24) is 5.32 Å². The molecule has 0 heterocycles. The fourth-order valence-electron chi connectivity index (χ4n) is 7.42. The van der Waals surface area contributed by atoms with Gasteiger partial charge in [-0.05, 0) is 51.4 Å². The van der Waals surface area contributed by atoms with Crippen molar-refractivity contribution in [3.05, 3.63) is 0 Å². The van der Waals surface area contributed by atoms with E-state index in [9.17, 15) is 19.5 Å². The number of carboxylic acids is 1. The number of nitrogens with one attached hydrogen (secondary N) is 1. The van der Waals surface area contributed by atoms with Gasteiger partial charge in [0.25, 0.3) is 0 Å². The molecule has 0 aliphatic heterocycles. The van der Waals surface area contributed by atoms with E-state index in [1.165, 1.54) is 154 Å². The summed E-state index contributed by atoms with van der Waals surface area (Å²) in [5, 5.41) is 12.6. The monoisotopic (exact) mass is 722 g/mol. The Balaban J connectivity index is 5.21. The minimum Gasteiger partial charge on any atom is -0.480 e. The Morgan fingerprint density at radius 3 is 1.12 bits per heavy atom. The molecular weight excluding hydrogens is 634 g/mol. The van der Waals surface area contributed by atoms with E-state index in [1.807, 2.05) is 0 Å². The second-order valence-corrected chi connectivity index (χ2v) is 15.8. The summed E-state index contributed by atoms with van der Waals surface area (Å²) in [7, 11) is 0. The van der Waals surface area contributed by atoms with Gasteiger partial charge in [0.05, 0.1) is 0 Å². The Morgan fingerprint density at radius 1 is 0.471 bits per heavy atom. The quantitative estimate of drug-likeness (QED) is 0.0485. The molecule has 0 saturated carbocycles. The lowest BCUT2D eigenvalue weighted by molar-refractivity contribution is -0.163. The molecule has 0 fully saturated rings. The molecule has 0 aromatic heterocycles. The van der Waals surface area contributed by atoms with Gasteiger partial charge < -0.3 is 15.2 Å². The van der Waals surface area contributed by atoms with E-state index in [0.29, 0.717) is 6.42 Å². The van der Waals surface area contributed by atoms with E-state index in [4.69, 9.17) is 4.74 Å². The summed E-state index contributed by atoms with van der Waals surface area (Å²) in [6.07, 6.45) is 39.4. The molecule has 0 radical (unpaired) electrons. The Labute approximate surface area is 317 Å². The highest BCUT2D eigenvalue weighted by Gasteiger charge is 2.33. The number of hydrogen-bond acceptors (Lipinski definition) is 4. The van der Waals surface area contributed by atoms with Crippen LogP contribution in [0.2, 0.25) is 0 Å². The molecule has 0 aromatic carbocycles. The first-order chi connectivity index (χ1) is 24.8. The SMILES string of the molecule is CCCCCCCCCCCC(=O)N[C@@H](CCC(=O)OC(CCCCCCCC)(CCCCCCCC)CCCCCCCCCCC)C(=O)O. The summed E-state index contributed by atoms with van der Waals surface area (Å²) in [6, 6.07) is -1.06. The van der Waals surface area contributed by atoms with Crippen LogP contribution >= 0.6 is 0 Å². The van der Waals surface area contributed by atoms with Gasteiger partial charge in [-0.15, -0.1) is 0 Å². The van der Waals surface area contributed by atoms with Crippen LogP contribution in [0.3, 0.4) is 0 Å². The van der Waals surface area contributed by atoms with Gasteiger partial charge in [0.15, 0.2) is 0 Å². The van der Waals surface area contributed by atoms with Gasteiger partial charge in [-0.25, -0.2) is 4.79 Å². The molecule has 0 bridgehead atoms. The van der Waals surface area contributed by atoms with E-state index >= 15 is 0 Å². The first-order valence-corrected chi connectivity index (χ1v) is 22.6. The molecule has 1 atom stereocenters. The Bertz CT molecular complexity index is 783. The Hall–Kier alpha value is -1.59. The lowest BCUT2D eigenvalue weighted by Gasteiger charge is -2.35. The molecule has 6 heteroatoms. The van der Waals surface area contributed by atoms with Crippen molar-refractivity contribution in [2.75, 3.05) is 0 Å². The van der Waals surface area contributed by atoms with Crippen LogP contribution in [0.5, 0.6) is 0 Å². The predicted octanol–water partition coefficient (Wildman–Crippen LogP) is 14.0. The number of ether oxygens (including phenoxy) is 1. The Morgan fingerprint density at radius 2 is 0.784 bits per heavy atom. The molecule has 0 spiro atoms. The van der Waals surface area contributed by atoms with Crippen LogP contribution in [0.1, 0.15) is 259 Å². The van der Waals surface area contributed by atoms with Gasteiger partial charge in [0, 0.05) is 12.8 Å². The third-order valence-corrected chi connectivity index (χ3v) is 10.8. The summed E-state index contributed by atoms with van der Waals surface area (Å²) in [6.45, 7) is 8.98. The number of hydrogen-bond donors (Lipinski definition) is 2. The number of rotatable bonds is 40. The zero-order valence-corrected chi connectivity index (χ0v) is 34.6. The smallest absolute Gasteiger partial charge is 0.326 e.